The molecule has 0 fully saturated rings. The Bertz CT molecular complexity index is 495. The predicted molar refractivity (Wildman–Crippen MR) is 72.0 cm³/mol. The number of rotatable bonds is 5. The monoisotopic (exact) mass is 265 g/mol. The molecule has 1 aromatic carbocycles. The average molecular weight is 265 g/mol. The predicted octanol–water partition coefficient (Wildman–Crippen LogP) is 3.40. The van der Waals surface area contributed by atoms with Gasteiger partial charge in [-0.15, -0.1) is 10.2 Å². The van der Waals surface area contributed by atoms with Crippen LogP contribution >= 0.6 is 11.3 Å². The van der Waals surface area contributed by atoms with Crippen molar-refractivity contribution in [1.29, 1.82) is 0 Å². The van der Waals surface area contributed by atoms with E-state index in [0.717, 1.165) is 28.5 Å². The second kappa shape index (κ2) is 6.02. The molecule has 0 saturated carbocycles. The number of nitrogens with zero attached hydrogens (tertiary/aromatic N) is 2. The van der Waals surface area contributed by atoms with Gasteiger partial charge in [0.05, 0.1) is 6.04 Å². The molecule has 0 aliphatic carbocycles. The summed E-state index contributed by atoms with van der Waals surface area (Å²) in [6.45, 7) is 5.17. The summed E-state index contributed by atoms with van der Waals surface area (Å²) in [5, 5.41) is 13.5. The van der Waals surface area contributed by atoms with Gasteiger partial charge in [-0.25, -0.2) is 4.39 Å². The van der Waals surface area contributed by atoms with Gasteiger partial charge in [0.1, 0.15) is 15.8 Å². The van der Waals surface area contributed by atoms with Crippen LogP contribution in [0.3, 0.4) is 0 Å². The van der Waals surface area contributed by atoms with Crippen LogP contribution < -0.4 is 5.32 Å². The zero-order valence-electron chi connectivity index (χ0n) is 10.5. The van der Waals surface area contributed by atoms with Gasteiger partial charge in [0.15, 0.2) is 0 Å². The minimum absolute atomic E-state index is 0.205. The first-order valence-corrected chi connectivity index (χ1v) is 6.85. The summed E-state index contributed by atoms with van der Waals surface area (Å²) < 4.78 is 12.8. The summed E-state index contributed by atoms with van der Waals surface area (Å²) in [4.78, 5) is 0. The van der Waals surface area contributed by atoms with Crippen LogP contribution in [0.15, 0.2) is 24.3 Å². The van der Waals surface area contributed by atoms with Gasteiger partial charge >= 0.3 is 0 Å². The normalized spacial score (nSPS) is 12.6. The molecular formula is C13H16FN3S. The van der Waals surface area contributed by atoms with E-state index in [1.165, 1.54) is 12.1 Å². The van der Waals surface area contributed by atoms with Crippen molar-refractivity contribution in [2.24, 2.45) is 0 Å². The Labute approximate surface area is 110 Å². The van der Waals surface area contributed by atoms with Gasteiger partial charge in [-0.05, 0) is 44.2 Å². The first kappa shape index (κ1) is 13.1. The second-order valence-corrected chi connectivity index (χ2v) is 5.14. The Morgan fingerprint density at radius 2 is 2.00 bits per heavy atom. The molecule has 2 aromatic rings. The van der Waals surface area contributed by atoms with E-state index in [0.29, 0.717) is 0 Å². The molecule has 0 amide bonds. The first-order valence-electron chi connectivity index (χ1n) is 6.03. The zero-order valence-corrected chi connectivity index (χ0v) is 11.3. The number of halogens is 1. The van der Waals surface area contributed by atoms with Crippen LogP contribution in [0.1, 0.15) is 31.3 Å². The fourth-order valence-corrected chi connectivity index (χ4v) is 2.44. The summed E-state index contributed by atoms with van der Waals surface area (Å²) in [5.74, 6) is -0.235. The van der Waals surface area contributed by atoms with Crippen molar-refractivity contribution in [1.82, 2.24) is 15.5 Å². The highest BCUT2D eigenvalue weighted by molar-refractivity contribution is 7.14. The molecule has 1 aromatic heterocycles. The fourth-order valence-electron chi connectivity index (χ4n) is 1.57. The summed E-state index contributed by atoms with van der Waals surface area (Å²) >= 11 is 1.54. The van der Waals surface area contributed by atoms with Gasteiger partial charge in [-0.1, -0.05) is 18.3 Å². The van der Waals surface area contributed by atoms with Crippen molar-refractivity contribution in [2.45, 2.75) is 26.3 Å². The fraction of sp³-hybridized carbons (Fsp3) is 0.385. The van der Waals surface area contributed by atoms with E-state index in [2.05, 4.69) is 29.4 Å². The van der Waals surface area contributed by atoms with Crippen LogP contribution in [0, 0.1) is 5.82 Å². The van der Waals surface area contributed by atoms with Crippen LogP contribution in [0.25, 0.3) is 10.6 Å². The smallest absolute Gasteiger partial charge is 0.147 e. The molecule has 3 nitrogen and oxygen atoms in total. The molecule has 0 saturated heterocycles. The third kappa shape index (κ3) is 3.11. The maximum atomic E-state index is 12.8. The Kier molecular flexibility index (Phi) is 4.38. The van der Waals surface area contributed by atoms with Crippen molar-refractivity contribution in [3.05, 3.63) is 35.1 Å². The highest BCUT2D eigenvalue weighted by Gasteiger charge is 2.12. The van der Waals surface area contributed by atoms with E-state index < -0.39 is 0 Å². The van der Waals surface area contributed by atoms with E-state index in [9.17, 15) is 4.39 Å². The van der Waals surface area contributed by atoms with E-state index in [4.69, 9.17) is 0 Å². The molecule has 1 atom stereocenters. The molecule has 1 heterocycles. The molecule has 1 unspecified atom stereocenters. The number of hydrogen-bond acceptors (Lipinski definition) is 4. The number of benzene rings is 1. The minimum atomic E-state index is -0.235. The molecule has 5 heteroatoms. The van der Waals surface area contributed by atoms with Crippen LogP contribution in [0.4, 0.5) is 4.39 Å². The second-order valence-electron chi connectivity index (χ2n) is 4.13. The standard InChI is InChI=1S/C13H16FN3S/c1-3-8-15-9(2)12-16-17-13(18-12)10-4-6-11(14)7-5-10/h4-7,9,15H,3,8H2,1-2H3. The maximum absolute atomic E-state index is 12.8. The molecule has 0 spiro atoms. The zero-order chi connectivity index (χ0) is 13.0. The van der Waals surface area contributed by atoms with Gasteiger partial charge in [0.2, 0.25) is 0 Å². The van der Waals surface area contributed by atoms with Gasteiger partial charge in [0, 0.05) is 5.56 Å². The van der Waals surface area contributed by atoms with Gasteiger partial charge in [0.25, 0.3) is 0 Å². The SMILES string of the molecule is CCCNC(C)c1nnc(-c2ccc(F)cc2)s1. The topological polar surface area (TPSA) is 37.8 Å². The third-order valence-electron chi connectivity index (χ3n) is 2.60. The summed E-state index contributed by atoms with van der Waals surface area (Å²) in [6.07, 6.45) is 1.09. The first-order chi connectivity index (χ1) is 8.70. The Morgan fingerprint density at radius 1 is 1.28 bits per heavy atom. The lowest BCUT2D eigenvalue weighted by Gasteiger charge is -2.08. The molecule has 0 bridgehead atoms. The van der Waals surface area contributed by atoms with Crippen molar-refractivity contribution in [2.75, 3.05) is 6.54 Å². The van der Waals surface area contributed by atoms with Crippen molar-refractivity contribution in [3.63, 3.8) is 0 Å². The molecule has 2 rings (SSSR count). The molecule has 1 N–H and O–H groups in total. The van der Waals surface area contributed by atoms with Crippen LogP contribution in [0.5, 0.6) is 0 Å². The van der Waals surface area contributed by atoms with Crippen molar-refractivity contribution >= 4 is 11.3 Å². The lowest BCUT2D eigenvalue weighted by molar-refractivity contribution is 0.564. The lowest BCUT2D eigenvalue weighted by Crippen LogP contribution is -2.18. The maximum Gasteiger partial charge on any atom is 0.147 e. The van der Waals surface area contributed by atoms with Crippen LogP contribution in [-0.4, -0.2) is 16.7 Å². The lowest BCUT2D eigenvalue weighted by atomic mass is 10.2. The van der Waals surface area contributed by atoms with E-state index in [1.54, 1.807) is 23.5 Å². The molecule has 96 valence electrons. The van der Waals surface area contributed by atoms with Crippen molar-refractivity contribution in [3.8, 4) is 10.6 Å². The van der Waals surface area contributed by atoms with Gasteiger partial charge in [-0.2, -0.15) is 0 Å². The molecule has 18 heavy (non-hydrogen) atoms. The van der Waals surface area contributed by atoms with Gasteiger partial charge in [-0.3, -0.25) is 0 Å². The summed E-state index contributed by atoms with van der Waals surface area (Å²) in [6, 6.07) is 6.54. The Morgan fingerprint density at radius 3 is 2.67 bits per heavy atom. The highest BCUT2D eigenvalue weighted by atomic mass is 32.1. The summed E-state index contributed by atoms with van der Waals surface area (Å²) in [7, 11) is 0. The number of nitrogens with one attached hydrogen (secondary N) is 1. The molecule has 0 radical (unpaired) electrons. The highest BCUT2D eigenvalue weighted by Crippen LogP contribution is 2.26. The van der Waals surface area contributed by atoms with E-state index in [-0.39, 0.29) is 11.9 Å². The van der Waals surface area contributed by atoms with Crippen LogP contribution in [-0.2, 0) is 0 Å². The Balaban J connectivity index is 2.12. The number of hydrogen-bond donors (Lipinski definition) is 1. The molecule has 0 aliphatic rings. The minimum Gasteiger partial charge on any atom is -0.308 e. The number of aromatic nitrogens is 2. The summed E-state index contributed by atoms with van der Waals surface area (Å²) in [5.41, 5.74) is 0.905. The largest absolute Gasteiger partial charge is 0.308 e. The quantitative estimate of drug-likeness (QED) is 0.900. The van der Waals surface area contributed by atoms with E-state index in [1.807, 2.05) is 0 Å². The van der Waals surface area contributed by atoms with E-state index >= 15 is 0 Å². The Hall–Kier alpha value is -1.33. The van der Waals surface area contributed by atoms with Gasteiger partial charge < -0.3 is 5.32 Å². The third-order valence-corrected chi connectivity index (χ3v) is 3.76. The molecule has 0 aliphatic heterocycles. The average Bonchev–Trinajstić information content (AvgIpc) is 2.86. The molecular weight excluding hydrogens is 249 g/mol. The van der Waals surface area contributed by atoms with Crippen molar-refractivity contribution < 1.29 is 4.39 Å². The van der Waals surface area contributed by atoms with Crippen LogP contribution in [0.2, 0.25) is 0 Å².